The van der Waals surface area contributed by atoms with Gasteiger partial charge in [0.25, 0.3) is 5.91 Å². The SMILES string of the molecule is COc1cccc(/C=N/NC(=O)c2ccc(COc3ccccc3)cc2)c1O. The average Bonchev–Trinajstić information content (AvgIpc) is 2.74. The maximum atomic E-state index is 12.2. The number of nitrogens with one attached hydrogen (secondary N) is 1. The Morgan fingerprint density at radius 3 is 2.50 bits per heavy atom. The quantitative estimate of drug-likeness (QED) is 0.486. The molecule has 2 N–H and O–H groups in total. The van der Waals surface area contributed by atoms with Crippen molar-refractivity contribution in [2.75, 3.05) is 7.11 Å². The minimum absolute atomic E-state index is 0.0363. The van der Waals surface area contributed by atoms with Crippen molar-refractivity contribution in [2.45, 2.75) is 6.61 Å². The molecule has 28 heavy (non-hydrogen) atoms. The van der Waals surface area contributed by atoms with E-state index in [0.717, 1.165) is 11.3 Å². The average molecular weight is 376 g/mol. The van der Waals surface area contributed by atoms with Crippen LogP contribution in [0.25, 0.3) is 0 Å². The monoisotopic (exact) mass is 376 g/mol. The number of ether oxygens (including phenoxy) is 2. The van der Waals surface area contributed by atoms with Crippen molar-refractivity contribution in [1.29, 1.82) is 0 Å². The molecule has 6 nitrogen and oxygen atoms in total. The number of hydrogen-bond donors (Lipinski definition) is 2. The number of phenols is 1. The van der Waals surface area contributed by atoms with Gasteiger partial charge in [-0.15, -0.1) is 0 Å². The fourth-order valence-corrected chi connectivity index (χ4v) is 2.47. The molecule has 0 heterocycles. The van der Waals surface area contributed by atoms with Crippen molar-refractivity contribution >= 4 is 12.1 Å². The van der Waals surface area contributed by atoms with E-state index in [1.807, 2.05) is 42.5 Å². The lowest BCUT2D eigenvalue weighted by Crippen LogP contribution is -2.17. The third-order valence-electron chi connectivity index (χ3n) is 3.98. The molecule has 0 saturated heterocycles. The molecule has 6 heteroatoms. The van der Waals surface area contributed by atoms with Crippen LogP contribution < -0.4 is 14.9 Å². The molecule has 1 amide bonds. The number of aromatic hydroxyl groups is 1. The number of rotatable bonds is 7. The Morgan fingerprint density at radius 1 is 1.04 bits per heavy atom. The summed E-state index contributed by atoms with van der Waals surface area (Å²) in [5, 5.41) is 13.9. The minimum Gasteiger partial charge on any atom is -0.504 e. The first kappa shape index (κ1) is 19.0. The van der Waals surface area contributed by atoms with E-state index in [2.05, 4.69) is 10.5 Å². The predicted octanol–water partition coefficient (Wildman–Crippen LogP) is 3.74. The van der Waals surface area contributed by atoms with Gasteiger partial charge in [0.15, 0.2) is 11.5 Å². The minimum atomic E-state index is -0.353. The highest BCUT2D eigenvalue weighted by Crippen LogP contribution is 2.27. The van der Waals surface area contributed by atoms with E-state index in [4.69, 9.17) is 9.47 Å². The molecule has 142 valence electrons. The Kier molecular flexibility index (Phi) is 6.25. The largest absolute Gasteiger partial charge is 0.504 e. The highest BCUT2D eigenvalue weighted by molar-refractivity contribution is 5.95. The molecule has 0 fully saturated rings. The van der Waals surface area contributed by atoms with Gasteiger partial charge in [-0.1, -0.05) is 36.4 Å². The molecular weight excluding hydrogens is 356 g/mol. The van der Waals surface area contributed by atoms with Crippen molar-refractivity contribution in [2.24, 2.45) is 5.10 Å². The van der Waals surface area contributed by atoms with Gasteiger partial charge < -0.3 is 14.6 Å². The highest BCUT2D eigenvalue weighted by Gasteiger charge is 2.07. The number of para-hydroxylation sites is 2. The number of hydrogen-bond acceptors (Lipinski definition) is 5. The van der Waals surface area contributed by atoms with Gasteiger partial charge in [0.1, 0.15) is 12.4 Å². The first-order chi connectivity index (χ1) is 13.7. The van der Waals surface area contributed by atoms with Crippen LogP contribution in [-0.4, -0.2) is 24.3 Å². The van der Waals surface area contributed by atoms with Crippen molar-refractivity contribution in [1.82, 2.24) is 5.43 Å². The summed E-state index contributed by atoms with van der Waals surface area (Å²) in [4.78, 5) is 12.2. The highest BCUT2D eigenvalue weighted by atomic mass is 16.5. The number of carbonyl (C=O) groups excluding carboxylic acids is 1. The van der Waals surface area contributed by atoms with Gasteiger partial charge in [-0.25, -0.2) is 5.43 Å². The topological polar surface area (TPSA) is 80.2 Å². The molecule has 0 aromatic heterocycles. The maximum absolute atomic E-state index is 12.2. The van der Waals surface area contributed by atoms with Crippen LogP contribution in [0.3, 0.4) is 0 Å². The van der Waals surface area contributed by atoms with Crippen LogP contribution in [0.1, 0.15) is 21.5 Å². The zero-order valence-corrected chi connectivity index (χ0v) is 15.3. The molecule has 3 aromatic carbocycles. The van der Waals surface area contributed by atoms with Gasteiger partial charge in [0.05, 0.1) is 13.3 Å². The Balaban J connectivity index is 1.56. The third-order valence-corrected chi connectivity index (χ3v) is 3.98. The fraction of sp³-hybridized carbons (Fsp3) is 0.0909. The molecule has 0 aliphatic heterocycles. The number of carbonyl (C=O) groups is 1. The number of phenolic OH excluding ortho intramolecular Hbond substituents is 1. The van der Waals surface area contributed by atoms with Gasteiger partial charge in [-0.3, -0.25) is 4.79 Å². The van der Waals surface area contributed by atoms with E-state index < -0.39 is 0 Å². The number of benzene rings is 3. The Hall–Kier alpha value is -3.80. The summed E-state index contributed by atoms with van der Waals surface area (Å²) < 4.78 is 10.7. The second-order valence-electron chi connectivity index (χ2n) is 5.90. The van der Waals surface area contributed by atoms with Crippen LogP contribution in [0.15, 0.2) is 77.9 Å². The van der Waals surface area contributed by atoms with Gasteiger partial charge in [0, 0.05) is 11.1 Å². The summed E-state index contributed by atoms with van der Waals surface area (Å²) in [6, 6.07) is 21.6. The number of methoxy groups -OCH3 is 1. The van der Waals surface area contributed by atoms with Crippen LogP contribution in [0.5, 0.6) is 17.2 Å². The van der Waals surface area contributed by atoms with Crippen LogP contribution in [0.4, 0.5) is 0 Å². The van der Waals surface area contributed by atoms with Crippen LogP contribution >= 0.6 is 0 Å². The van der Waals surface area contributed by atoms with Gasteiger partial charge in [0.2, 0.25) is 0 Å². The summed E-state index contributed by atoms with van der Waals surface area (Å²) in [6.07, 6.45) is 1.36. The lowest BCUT2D eigenvalue weighted by atomic mass is 10.1. The lowest BCUT2D eigenvalue weighted by molar-refractivity contribution is 0.0955. The molecule has 0 atom stereocenters. The van der Waals surface area contributed by atoms with E-state index in [0.29, 0.717) is 23.5 Å². The third kappa shape index (κ3) is 4.88. The molecule has 0 radical (unpaired) electrons. The number of hydrazone groups is 1. The summed E-state index contributed by atoms with van der Waals surface area (Å²) in [6.45, 7) is 0.416. The number of amides is 1. The molecular formula is C22H20N2O4. The molecule has 0 unspecified atom stereocenters. The van der Waals surface area contributed by atoms with Gasteiger partial charge in [-0.05, 0) is 42.0 Å². The van der Waals surface area contributed by atoms with Crippen molar-refractivity contribution in [3.63, 3.8) is 0 Å². The van der Waals surface area contributed by atoms with E-state index in [-0.39, 0.29) is 11.7 Å². The summed E-state index contributed by atoms with van der Waals surface area (Å²) >= 11 is 0. The van der Waals surface area contributed by atoms with E-state index in [1.165, 1.54) is 13.3 Å². The first-order valence-electron chi connectivity index (χ1n) is 8.63. The van der Waals surface area contributed by atoms with Crippen LogP contribution in [0, 0.1) is 0 Å². The van der Waals surface area contributed by atoms with Gasteiger partial charge in [-0.2, -0.15) is 5.10 Å². The molecule has 0 aliphatic carbocycles. The molecule has 3 aromatic rings. The van der Waals surface area contributed by atoms with E-state index in [1.54, 1.807) is 30.3 Å². The van der Waals surface area contributed by atoms with Crippen molar-refractivity contribution < 1.29 is 19.4 Å². The second kappa shape index (κ2) is 9.23. The fourth-order valence-electron chi connectivity index (χ4n) is 2.47. The van der Waals surface area contributed by atoms with Crippen molar-refractivity contribution in [3.8, 4) is 17.2 Å². The lowest BCUT2D eigenvalue weighted by Gasteiger charge is -2.07. The molecule has 0 saturated carbocycles. The normalized spacial score (nSPS) is 10.6. The Bertz CT molecular complexity index is 954. The Labute approximate surface area is 163 Å². The molecule has 3 rings (SSSR count). The van der Waals surface area contributed by atoms with Crippen LogP contribution in [0.2, 0.25) is 0 Å². The Morgan fingerprint density at radius 2 is 1.79 bits per heavy atom. The van der Waals surface area contributed by atoms with Crippen molar-refractivity contribution in [3.05, 3.63) is 89.5 Å². The first-order valence-corrected chi connectivity index (χ1v) is 8.63. The van der Waals surface area contributed by atoms with Crippen LogP contribution in [-0.2, 0) is 6.61 Å². The summed E-state index contributed by atoms with van der Waals surface area (Å²) in [5.41, 5.74) is 4.29. The zero-order valence-electron chi connectivity index (χ0n) is 15.3. The smallest absolute Gasteiger partial charge is 0.271 e. The maximum Gasteiger partial charge on any atom is 0.271 e. The summed E-state index contributed by atoms with van der Waals surface area (Å²) in [5.74, 6) is 0.739. The summed E-state index contributed by atoms with van der Waals surface area (Å²) in [7, 11) is 1.46. The van der Waals surface area contributed by atoms with E-state index >= 15 is 0 Å². The van der Waals surface area contributed by atoms with E-state index in [9.17, 15) is 9.90 Å². The molecule has 0 bridgehead atoms. The molecule has 0 spiro atoms. The predicted molar refractivity (Wildman–Crippen MR) is 107 cm³/mol. The second-order valence-corrected chi connectivity index (χ2v) is 5.90. The molecule has 0 aliphatic rings. The standard InChI is InChI=1S/C22H20N2O4/c1-27-20-9-5-6-18(21(20)25)14-23-24-22(26)17-12-10-16(11-13-17)15-28-19-7-3-2-4-8-19/h2-14,25H,15H2,1H3,(H,24,26)/b23-14+. The van der Waals surface area contributed by atoms with Gasteiger partial charge >= 0.3 is 0 Å². The number of nitrogens with zero attached hydrogens (tertiary/aromatic N) is 1. The zero-order chi connectivity index (χ0) is 19.8.